The van der Waals surface area contributed by atoms with E-state index in [1.165, 1.54) is 6.20 Å². The molecule has 1 aliphatic heterocycles. The van der Waals surface area contributed by atoms with Crippen LogP contribution in [0.5, 0.6) is 0 Å². The molecule has 10 nitrogen and oxygen atoms in total. The molecule has 2 aromatic heterocycles. The standard InChI is InChI=1S/C32H42N6O4S/c1-19-7-11-25(21-10-12-26-24(15-21)35-27(43-26)13-14-37(5)6)38(18-19)30(40)29(39)34-22-16-23(20-8-9-20)28(33-17-22)36-31(41)42-32(2,3)4/h10,12,15-17,19-20,25H,7-9,11,13-14,18H2,1-6H3,(H,34,39)(H,33,36,41)/t19-,25+/m1/s1. The molecule has 2 fully saturated rings. The SMILES string of the molecule is C[C@@H]1CC[C@@H](c2ccc3sc(CCN(C)C)nc3c2)N(C(=O)C(=O)Nc2cnc(NC(=O)OC(C)(C)C)c(C3CC3)c2)C1. The molecular formula is C32H42N6O4S. The summed E-state index contributed by atoms with van der Waals surface area (Å²) >= 11 is 1.70. The lowest BCUT2D eigenvalue weighted by atomic mass is 9.89. The van der Waals surface area contributed by atoms with Gasteiger partial charge in [0, 0.05) is 25.1 Å². The second-order valence-electron chi connectivity index (χ2n) is 13.1. The summed E-state index contributed by atoms with van der Waals surface area (Å²) in [6, 6.07) is 7.82. The van der Waals surface area contributed by atoms with Crippen molar-refractivity contribution in [1.29, 1.82) is 0 Å². The number of pyridine rings is 1. The number of ether oxygens (including phenoxy) is 1. The summed E-state index contributed by atoms with van der Waals surface area (Å²) in [6.07, 6.45) is 5.46. The lowest BCUT2D eigenvalue weighted by Crippen LogP contribution is -2.46. The van der Waals surface area contributed by atoms with Crippen molar-refractivity contribution in [3.05, 3.63) is 46.6 Å². The van der Waals surface area contributed by atoms with Gasteiger partial charge in [-0.2, -0.15) is 0 Å². The molecular weight excluding hydrogens is 564 g/mol. The highest BCUT2D eigenvalue weighted by molar-refractivity contribution is 7.18. The van der Waals surface area contributed by atoms with E-state index in [0.717, 1.165) is 65.0 Å². The van der Waals surface area contributed by atoms with E-state index in [4.69, 9.17) is 9.72 Å². The van der Waals surface area contributed by atoms with Gasteiger partial charge in [-0.25, -0.2) is 14.8 Å². The van der Waals surface area contributed by atoms with Crippen LogP contribution in [0, 0.1) is 5.92 Å². The summed E-state index contributed by atoms with van der Waals surface area (Å²) in [6.45, 7) is 8.94. The molecule has 2 atom stereocenters. The Morgan fingerprint density at radius 3 is 2.56 bits per heavy atom. The van der Waals surface area contributed by atoms with E-state index < -0.39 is 23.5 Å². The van der Waals surface area contributed by atoms with Crippen LogP contribution < -0.4 is 10.6 Å². The second-order valence-corrected chi connectivity index (χ2v) is 14.2. The monoisotopic (exact) mass is 606 g/mol. The van der Waals surface area contributed by atoms with E-state index in [1.54, 1.807) is 43.1 Å². The predicted molar refractivity (Wildman–Crippen MR) is 169 cm³/mol. The summed E-state index contributed by atoms with van der Waals surface area (Å²) < 4.78 is 6.50. The number of fused-ring (bicyclic) bond motifs is 1. The number of aromatic nitrogens is 2. The summed E-state index contributed by atoms with van der Waals surface area (Å²) in [5, 5.41) is 6.60. The van der Waals surface area contributed by atoms with Gasteiger partial charge in [0.15, 0.2) is 0 Å². The summed E-state index contributed by atoms with van der Waals surface area (Å²) in [5.41, 5.74) is 2.54. The van der Waals surface area contributed by atoms with Crippen LogP contribution in [0.1, 0.15) is 81.5 Å². The van der Waals surface area contributed by atoms with E-state index >= 15 is 0 Å². The Kier molecular flexibility index (Phi) is 9.03. The number of piperidine rings is 1. The Labute approximate surface area is 257 Å². The number of amides is 3. The molecule has 3 aromatic rings. The van der Waals surface area contributed by atoms with Gasteiger partial charge in [0.05, 0.1) is 33.2 Å². The fourth-order valence-corrected chi connectivity index (χ4v) is 6.36. The van der Waals surface area contributed by atoms with E-state index in [0.29, 0.717) is 18.1 Å². The van der Waals surface area contributed by atoms with Gasteiger partial charge in [0.25, 0.3) is 0 Å². The van der Waals surface area contributed by atoms with E-state index in [2.05, 4.69) is 59.7 Å². The zero-order valence-corrected chi connectivity index (χ0v) is 26.7. The third kappa shape index (κ3) is 7.88. The number of hydrogen-bond acceptors (Lipinski definition) is 8. The number of anilines is 2. The molecule has 0 unspecified atom stereocenters. The normalized spacial score (nSPS) is 19.0. The molecule has 1 saturated heterocycles. The number of nitrogens with one attached hydrogen (secondary N) is 2. The molecule has 1 aromatic carbocycles. The predicted octanol–water partition coefficient (Wildman–Crippen LogP) is 5.96. The first kappa shape index (κ1) is 30.9. The number of likely N-dealkylation sites (N-methyl/N-ethyl adjacent to an activating group) is 1. The molecule has 2 N–H and O–H groups in total. The van der Waals surface area contributed by atoms with Gasteiger partial charge < -0.3 is 19.9 Å². The molecule has 3 heterocycles. The third-order valence-corrected chi connectivity index (χ3v) is 8.79. The van der Waals surface area contributed by atoms with Gasteiger partial charge in [-0.3, -0.25) is 14.9 Å². The topological polar surface area (TPSA) is 117 Å². The minimum absolute atomic E-state index is 0.202. The Morgan fingerprint density at radius 1 is 1.09 bits per heavy atom. The van der Waals surface area contributed by atoms with E-state index in [9.17, 15) is 14.4 Å². The zero-order chi connectivity index (χ0) is 30.9. The molecule has 2 aliphatic rings. The highest BCUT2D eigenvalue weighted by Crippen LogP contribution is 2.44. The fraction of sp³-hybridized carbons (Fsp3) is 0.531. The first-order valence-electron chi connectivity index (χ1n) is 15.0. The summed E-state index contributed by atoms with van der Waals surface area (Å²) in [5.74, 6) is -0.327. The van der Waals surface area contributed by atoms with Crippen LogP contribution in [0.3, 0.4) is 0 Å². The Balaban J connectivity index is 1.31. The van der Waals surface area contributed by atoms with Crippen molar-refractivity contribution in [2.75, 3.05) is 37.8 Å². The number of benzene rings is 1. The van der Waals surface area contributed by atoms with Crippen molar-refractivity contribution < 1.29 is 19.1 Å². The Morgan fingerprint density at radius 2 is 1.86 bits per heavy atom. The maximum Gasteiger partial charge on any atom is 0.413 e. The number of hydrogen-bond donors (Lipinski definition) is 2. The van der Waals surface area contributed by atoms with Crippen molar-refractivity contribution in [1.82, 2.24) is 19.8 Å². The highest BCUT2D eigenvalue weighted by atomic mass is 32.1. The number of carbonyl (C=O) groups excluding carboxylic acids is 3. The van der Waals surface area contributed by atoms with Gasteiger partial charge in [0.1, 0.15) is 11.4 Å². The minimum atomic E-state index is -0.698. The molecule has 3 amide bonds. The Hall–Kier alpha value is -3.57. The number of carbonyl (C=O) groups is 3. The summed E-state index contributed by atoms with van der Waals surface area (Å²) in [4.78, 5) is 52.4. The lowest BCUT2D eigenvalue weighted by molar-refractivity contribution is -0.146. The van der Waals surface area contributed by atoms with Gasteiger partial charge in [-0.05, 0) is 96.1 Å². The zero-order valence-electron chi connectivity index (χ0n) is 25.9. The van der Waals surface area contributed by atoms with Crippen molar-refractivity contribution in [2.45, 2.75) is 77.4 Å². The van der Waals surface area contributed by atoms with Crippen molar-refractivity contribution >= 4 is 51.0 Å². The minimum Gasteiger partial charge on any atom is -0.444 e. The second kappa shape index (κ2) is 12.6. The number of thiazole rings is 1. The van der Waals surface area contributed by atoms with Crippen LogP contribution in [-0.4, -0.2) is 70.5 Å². The van der Waals surface area contributed by atoms with Gasteiger partial charge in [-0.1, -0.05) is 13.0 Å². The van der Waals surface area contributed by atoms with Gasteiger partial charge in [0.2, 0.25) is 0 Å². The molecule has 1 saturated carbocycles. The van der Waals surface area contributed by atoms with Crippen LogP contribution in [0.15, 0.2) is 30.5 Å². The molecule has 0 radical (unpaired) electrons. The Bertz CT molecular complexity index is 1510. The van der Waals surface area contributed by atoms with E-state index in [1.807, 2.05) is 0 Å². The number of nitrogens with zero attached hydrogens (tertiary/aromatic N) is 4. The lowest BCUT2D eigenvalue weighted by Gasteiger charge is -2.38. The maximum atomic E-state index is 13.6. The molecule has 11 heteroatoms. The maximum absolute atomic E-state index is 13.6. The van der Waals surface area contributed by atoms with Crippen LogP contribution in [0.4, 0.5) is 16.3 Å². The van der Waals surface area contributed by atoms with Crippen molar-refractivity contribution in [3.8, 4) is 0 Å². The van der Waals surface area contributed by atoms with Crippen LogP contribution in [0.25, 0.3) is 10.2 Å². The molecule has 43 heavy (non-hydrogen) atoms. The average Bonchev–Trinajstić information content (AvgIpc) is 3.69. The third-order valence-electron chi connectivity index (χ3n) is 7.70. The molecule has 0 spiro atoms. The number of likely N-dealkylation sites (tertiary alicyclic amines) is 1. The van der Waals surface area contributed by atoms with Crippen molar-refractivity contribution in [3.63, 3.8) is 0 Å². The van der Waals surface area contributed by atoms with Crippen LogP contribution in [-0.2, 0) is 20.7 Å². The fourth-order valence-electron chi connectivity index (χ4n) is 5.42. The van der Waals surface area contributed by atoms with Gasteiger partial charge >= 0.3 is 17.9 Å². The molecule has 1 aliphatic carbocycles. The summed E-state index contributed by atoms with van der Waals surface area (Å²) in [7, 11) is 4.11. The highest BCUT2D eigenvalue weighted by Gasteiger charge is 2.35. The first-order chi connectivity index (χ1) is 20.4. The van der Waals surface area contributed by atoms with E-state index in [-0.39, 0.29) is 17.9 Å². The van der Waals surface area contributed by atoms with Gasteiger partial charge in [-0.15, -0.1) is 11.3 Å². The average molecular weight is 607 g/mol. The van der Waals surface area contributed by atoms with Crippen LogP contribution in [0.2, 0.25) is 0 Å². The molecule has 5 rings (SSSR count). The number of rotatable bonds is 7. The largest absolute Gasteiger partial charge is 0.444 e. The van der Waals surface area contributed by atoms with Crippen LogP contribution >= 0.6 is 11.3 Å². The first-order valence-corrected chi connectivity index (χ1v) is 15.8. The van der Waals surface area contributed by atoms with Crippen molar-refractivity contribution in [2.24, 2.45) is 5.92 Å². The smallest absolute Gasteiger partial charge is 0.413 e. The molecule has 230 valence electrons. The quantitative estimate of drug-likeness (QED) is 0.319. The molecule has 0 bridgehead atoms.